The van der Waals surface area contributed by atoms with E-state index in [1.165, 1.54) is 12.6 Å². The number of β-lactam (4-membered cyclic amide) rings is 4. The van der Waals surface area contributed by atoms with Gasteiger partial charge in [0.2, 0.25) is 0 Å². The topological polar surface area (TPSA) is 74.8 Å². The highest BCUT2D eigenvalue weighted by atomic mass is 16.2. The van der Waals surface area contributed by atoms with Crippen molar-refractivity contribution in [3.8, 4) is 0 Å². The van der Waals surface area contributed by atoms with Crippen LogP contribution in [0, 0.1) is 12.3 Å². The van der Waals surface area contributed by atoms with Crippen molar-refractivity contribution in [2.24, 2.45) is 5.41 Å². The van der Waals surface area contributed by atoms with Crippen molar-refractivity contribution in [3.63, 3.8) is 0 Å². The lowest BCUT2D eigenvalue weighted by Gasteiger charge is -2.51. The first kappa shape index (κ1) is 19.9. The molecule has 5 rings (SSSR count). The highest BCUT2D eigenvalue weighted by Gasteiger charge is 2.79. The molecule has 158 valence electrons. The normalized spacial score (nSPS) is 17.9. The minimum Gasteiger partial charge on any atom is -0.282 e. The number of anilines is 1. The van der Waals surface area contributed by atoms with Crippen LogP contribution in [0.2, 0.25) is 0 Å². The fraction of sp³-hybridized carbons (Fsp3) is 0.154. The molecule has 1 spiro atoms. The number of rotatable bonds is 4. The number of aryl methyl sites for hydroxylation is 1. The third kappa shape index (κ3) is 2.52. The van der Waals surface area contributed by atoms with Crippen molar-refractivity contribution in [1.82, 2.24) is 4.90 Å². The summed E-state index contributed by atoms with van der Waals surface area (Å²) in [4.78, 5) is 51.3. The molecular formula is C26H20N2O4. The third-order valence-corrected chi connectivity index (χ3v) is 6.33. The Bertz CT molecular complexity index is 1230. The molecule has 2 aliphatic rings. The maximum Gasteiger partial charge on any atom is 0.285 e. The van der Waals surface area contributed by atoms with Gasteiger partial charge in [0.25, 0.3) is 29.0 Å². The van der Waals surface area contributed by atoms with Crippen molar-refractivity contribution >= 4 is 29.3 Å². The average Bonchev–Trinajstić information content (AvgIpc) is 2.82. The van der Waals surface area contributed by atoms with Gasteiger partial charge in [-0.25, -0.2) is 4.90 Å². The SMILES string of the molecule is Cc1ccc(C(c2ccccc2)c2ccc(N3C(=O)C4(C(=O)N(C)C4=O)C3=O)cc2)cc1. The molecule has 6 nitrogen and oxygen atoms in total. The lowest BCUT2D eigenvalue weighted by molar-refractivity contribution is -0.184. The smallest absolute Gasteiger partial charge is 0.282 e. The minimum atomic E-state index is -2.15. The van der Waals surface area contributed by atoms with Crippen molar-refractivity contribution in [1.29, 1.82) is 0 Å². The van der Waals surface area contributed by atoms with Crippen molar-refractivity contribution in [2.45, 2.75) is 12.8 Å². The summed E-state index contributed by atoms with van der Waals surface area (Å²) in [5, 5.41) is 0. The maximum absolute atomic E-state index is 12.7. The molecular weight excluding hydrogens is 404 g/mol. The molecule has 2 saturated heterocycles. The van der Waals surface area contributed by atoms with Gasteiger partial charge in [-0.05, 0) is 35.7 Å². The Labute approximate surface area is 185 Å². The van der Waals surface area contributed by atoms with E-state index in [1.54, 1.807) is 12.1 Å². The Hall–Kier alpha value is -4.06. The van der Waals surface area contributed by atoms with E-state index in [1.807, 2.05) is 37.3 Å². The zero-order valence-electron chi connectivity index (χ0n) is 17.6. The van der Waals surface area contributed by atoms with E-state index in [0.29, 0.717) is 5.69 Å². The van der Waals surface area contributed by atoms with Crippen LogP contribution in [0.25, 0.3) is 0 Å². The van der Waals surface area contributed by atoms with Gasteiger partial charge in [-0.1, -0.05) is 72.3 Å². The molecule has 2 aliphatic heterocycles. The molecule has 2 heterocycles. The highest BCUT2D eigenvalue weighted by Crippen LogP contribution is 2.46. The molecule has 0 aliphatic carbocycles. The van der Waals surface area contributed by atoms with Crippen LogP contribution in [-0.4, -0.2) is 35.6 Å². The van der Waals surface area contributed by atoms with Crippen molar-refractivity contribution < 1.29 is 19.2 Å². The standard InChI is InChI=1S/C26H20N2O4/c1-16-8-10-18(11-9-16)21(17-6-4-3-5-7-17)19-12-14-20(15-13-19)28-24(31)26(25(28)32)22(29)27(2)23(26)30/h3-15,21H,1-2H3. The summed E-state index contributed by atoms with van der Waals surface area (Å²) in [7, 11) is 1.27. The van der Waals surface area contributed by atoms with E-state index < -0.39 is 29.0 Å². The van der Waals surface area contributed by atoms with Gasteiger partial charge >= 0.3 is 0 Å². The molecule has 1 atom stereocenters. The Morgan fingerprint density at radius 1 is 0.625 bits per heavy atom. The Morgan fingerprint density at radius 3 is 1.62 bits per heavy atom. The second-order valence-corrected chi connectivity index (χ2v) is 8.21. The first-order valence-corrected chi connectivity index (χ1v) is 10.3. The van der Waals surface area contributed by atoms with Crippen molar-refractivity contribution in [3.05, 3.63) is 101 Å². The fourth-order valence-electron chi connectivity index (χ4n) is 4.50. The summed E-state index contributed by atoms with van der Waals surface area (Å²) in [6, 6.07) is 25.5. The molecule has 4 amide bonds. The number of hydrogen-bond acceptors (Lipinski definition) is 4. The number of benzene rings is 3. The lowest BCUT2D eigenvalue weighted by atomic mass is 9.69. The van der Waals surface area contributed by atoms with Gasteiger partial charge in [-0.15, -0.1) is 0 Å². The molecule has 0 bridgehead atoms. The van der Waals surface area contributed by atoms with Crippen molar-refractivity contribution in [2.75, 3.05) is 11.9 Å². The summed E-state index contributed by atoms with van der Waals surface area (Å²) < 4.78 is 0. The molecule has 6 heteroatoms. The van der Waals surface area contributed by atoms with Crippen LogP contribution in [0.1, 0.15) is 28.2 Å². The molecule has 0 saturated carbocycles. The number of hydrogen-bond donors (Lipinski definition) is 0. The van der Waals surface area contributed by atoms with Gasteiger partial charge < -0.3 is 0 Å². The van der Waals surface area contributed by atoms with E-state index in [9.17, 15) is 19.2 Å². The van der Waals surface area contributed by atoms with Crippen LogP contribution < -0.4 is 4.90 Å². The van der Waals surface area contributed by atoms with Crippen LogP contribution in [0.4, 0.5) is 5.69 Å². The predicted octanol–water partition coefficient (Wildman–Crippen LogP) is 3.03. The zero-order chi connectivity index (χ0) is 22.6. The molecule has 32 heavy (non-hydrogen) atoms. The van der Waals surface area contributed by atoms with E-state index in [2.05, 4.69) is 36.4 Å². The number of likely N-dealkylation sites (tertiary alicyclic amines) is 1. The first-order chi connectivity index (χ1) is 15.4. The quantitative estimate of drug-likeness (QED) is 0.367. The predicted molar refractivity (Wildman–Crippen MR) is 118 cm³/mol. The number of imide groups is 2. The van der Waals surface area contributed by atoms with Gasteiger partial charge in [0.15, 0.2) is 0 Å². The number of carbonyl (C=O) groups is 4. The third-order valence-electron chi connectivity index (χ3n) is 6.33. The van der Waals surface area contributed by atoms with Crippen LogP contribution in [0.3, 0.4) is 0 Å². The largest absolute Gasteiger partial charge is 0.285 e. The van der Waals surface area contributed by atoms with Gasteiger partial charge in [0.1, 0.15) is 0 Å². The van der Waals surface area contributed by atoms with Crippen LogP contribution in [-0.2, 0) is 19.2 Å². The molecule has 0 radical (unpaired) electrons. The van der Waals surface area contributed by atoms with Gasteiger partial charge in [-0.3, -0.25) is 24.1 Å². The second kappa shape index (κ2) is 6.99. The van der Waals surface area contributed by atoms with Crippen LogP contribution in [0.15, 0.2) is 78.9 Å². The Kier molecular flexibility index (Phi) is 4.34. The number of amides is 4. The monoisotopic (exact) mass is 424 g/mol. The van der Waals surface area contributed by atoms with Gasteiger partial charge in [0, 0.05) is 13.0 Å². The van der Waals surface area contributed by atoms with Gasteiger partial charge in [-0.2, -0.15) is 0 Å². The molecule has 3 aromatic rings. The molecule has 0 N–H and O–H groups in total. The second-order valence-electron chi connectivity index (χ2n) is 8.21. The van der Waals surface area contributed by atoms with E-state index in [-0.39, 0.29) is 5.92 Å². The molecule has 0 aromatic heterocycles. The number of carbonyl (C=O) groups excluding carboxylic acids is 4. The maximum atomic E-state index is 12.7. The van der Waals surface area contributed by atoms with Gasteiger partial charge in [0.05, 0.1) is 5.69 Å². The summed E-state index contributed by atoms with van der Waals surface area (Å²) in [5.41, 5.74) is 2.60. The fourth-order valence-corrected chi connectivity index (χ4v) is 4.50. The molecule has 3 aromatic carbocycles. The zero-order valence-corrected chi connectivity index (χ0v) is 17.6. The number of nitrogens with zero attached hydrogens (tertiary/aromatic N) is 2. The summed E-state index contributed by atoms with van der Waals surface area (Å²) in [6.07, 6.45) is 0. The van der Waals surface area contributed by atoms with E-state index >= 15 is 0 Å². The summed E-state index contributed by atoms with van der Waals surface area (Å²) >= 11 is 0. The lowest BCUT2D eigenvalue weighted by Crippen LogP contribution is -2.83. The highest BCUT2D eigenvalue weighted by molar-refractivity contribution is 6.59. The van der Waals surface area contributed by atoms with E-state index in [0.717, 1.165) is 26.5 Å². The average molecular weight is 424 g/mol. The minimum absolute atomic E-state index is 0.0246. The summed E-state index contributed by atoms with van der Waals surface area (Å²) in [5.74, 6) is -3.09. The summed E-state index contributed by atoms with van der Waals surface area (Å²) in [6.45, 7) is 2.04. The Balaban J connectivity index is 1.48. The van der Waals surface area contributed by atoms with Crippen LogP contribution >= 0.6 is 0 Å². The molecule has 1 unspecified atom stereocenters. The molecule has 2 fully saturated rings. The Morgan fingerprint density at radius 2 is 1.09 bits per heavy atom. The van der Waals surface area contributed by atoms with Crippen LogP contribution in [0.5, 0.6) is 0 Å². The van der Waals surface area contributed by atoms with E-state index in [4.69, 9.17) is 0 Å². The first-order valence-electron chi connectivity index (χ1n) is 10.3.